The Balaban J connectivity index is 1.57. The van der Waals surface area contributed by atoms with E-state index >= 15 is 0 Å². The van der Waals surface area contributed by atoms with Gasteiger partial charge in [0.2, 0.25) is 0 Å². The Morgan fingerprint density at radius 3 is 2.25 bits per heavy atom. The summed E-state index contributed by atoms with van der Waals surface area (Å²) in [5.41, 5.74) is 1.05. The first-order valence-electron chi connectivity index (χ1n) is 9.80. The predicted molar refractivity (Wildman–Crippen MR) is 105 cm³/mol. The zero-order valence-electron chi connectivity index (χ0n) is 16.0. The fraction of sp³-hybridized carbons (Fsp3) is 0.684. The molecule has 0 aliphatic carbocycles. The average molecular weight is 430 g/mol. The summed E-state index contributed by atoms with van der Waals surface area (Å²) in [6.07, 6.45) is 2.07. The largest absolute Gasteiger partial charge is 0.347 e. The second kappa shape index (κ2) is 7.36. The van der Waals surface area contributed by atoms with Crippen molar-refractivity contribution >= 4 is 19.7 Å². The Morgan fingerprint density at radius 2 is 1.68 bits per heavy atom. The van der Waals surface area contributed by atoms with Crippen LogP contribution < -0.4 is 0 Å². The highest BCUT2D eigenvalue weighted by Gasteiger charge is 2.50. The van der Waals surface area contributed by atoms with E-state index in [0.29, 0.717) is 39.1 Å². The maximum absolute atomic E-state index is 13.3. The molecule has 1 aromatic carbocycles. The van der Waals surface area contributed by atoms with Crippen LogP contribution in [-0.4, -0.2) is 76.6 Å². The van der Waals surface area contributed by atoms with Crippen molar-refractivity contribution in [2.75, 3.05) is 37.8 Å². The van der Waals surface area contributed by atoms with Crippen LogP contribution in [0, 0.1) is 0 Å². The number of benzene rings is 1. The van der Waals surface area contributed by atoms with Crippen LogP contribution in [0.4, 0.5) is 0 Å². The summed E-state index contributed by atoms with van der Waals surface area (Å²) in [6, 6.07) is 6.26. The quantitative estimate of drug-likeness (QED) is 0.706. The smallest absolute Gasteiger partial charge is 0.183 e. The molecule has 4 rings (SSSR count). The number of aryl methyl sites for hydroxylation is 1. The third-order valence-corrected chi connectivity index (χ3v) is 10.3. The third-order valence-electron chi connectivity index (χ3n) is 6.17. The van der Waals surface area contributed by atoms with Crippen molar-refractivity contribution in [3.63, 3.8) is 0 Å². The molecule has 0 saturated carbocycles. The van der Waals surface area contributed by atoms with Crippen LogP contribution in [0.3, 0.4) is 0 Å². The topological polar surface area (TPSA) is 90.0 Å². The van der Waals surface area contributed by atoms with Crippen molar-refractivity contribution in [3.05, 3.63) is 29.8 Å². The summed E-state index contributed by atoms with van der Waals surface area (Å²) >= 11 is 0. The van der Waals surface area contributed by atoms with Crippen molar-refractivity contribution in [1.29, 1.82) is 0 Å². The normalized spacial score (nSPS) is 30.0. The van der Waals surface area contributed by atoms with Gasteiger partial charge in [0.25, 0.3) is 0 Å². The first-order valence-corrected chi connectivity index (χ1v) is 13.2. The second-order valence-corrected chi connectivity index (χ2v) is 12.2. The lowest BCUT2D eigenvalue weighted by Crippen LogP contribution is -2.53. The number of sulfone groups is 2. The summed E-state index contributed by atoms with van der Waals surface area (Å²) in [5, 5.41) is -0.940. The van der Waals surface area contributed by atoms with E-state index in [-0.39, 0.29) is 16.4 Å². The molecule has 0 radical (unpaired) electrons. The van der Waals surface area contributed by atoms with Crippen LogP contribution >= 0.6 is 0 Å². The minimum atomic E-state index is -3.74. The van der Waals surface area contributed by atoms with E-state index in [2.05, 4.69) is 0 Å². The number of likely N-dealkylation sites (tertiary alicyclic amines) is 1. The van der Waals surface area contributed by atoms with Gasteiger partial charge in [-0.3, -0.25) is 4.90 Å². The van der Waals surface area contributed by atoms with Gasteiger partial charge in [-0.2, -0.15) is 0 Å². The number of nitrogens with zero attached hydrogens (tertiary/aromatic N) is 1. The predicted octanol–water partition coefficient (Wildman–Crippen LogP) is 1.03. The Morgan fingerprint density at radius 1 is 1.07 bits per heavy atom. The molecule has 0 amide bonds. The first kappa shape index (κ1) is 20.3. The summed E-state index contributed by atoms with van der Waals surface area (Å²) in [4.78, 5) is 2.21. The highest BCUT2D eigenvalue weighted by molar-refractivity contribution is 7.96. The van der Waals surface area contributed by atoms with E-state index in [1.165, 1.54) is 0 Å². The Labute approximate surface area is 166 Å². The fourth-order valence-electron chi connectivity index (χ4n) is 4.51. The number of piperidine rings is 1. The molecule has 156 valence electrons. The van der Waals surface area contributed by atoms with E-state index < -0.39 is 36.8 Å². The number of hydrogen-bond acceptors (Lipinski definition) is 7. The van der Waals surface area contributed by atoms with Crippen LogP contribution in [-0.2, 0) is 35.6 Å². The summed E-state index contributed by atoms with van der Waals surface area (Å²) in [5.74, 6) is -0.999. The lowest BCUT2D eigenvalue weighted by molar-refractivity contribution is -0.187. The van der Waals surface area contributed by atoms with Crippen molar-refractivity contribution in [3.8, 4) is 0 Å². The van der Waals surface area contributed by atoms with E-state index in [4.69, 9.17) is 9.47 Å². The van der Waals surface area contributed by atoms with Gasteiger partial charge in [-0.25, -0.2) is 16.8 Å². The van der Waals surface area contributed by atoms with Crippen LogP contribution in [0.25, 0.3) is 0 Å². The summed E-state index contributed by atoms with van der Waals surface area (Å²) in [7, 11) is -7.15. The van der Waals surface area contributed by atoms with Gasteiger partial charge in [-0.1, -0.05) is 19.1 Å². The van der Waals surface area contributed by atoms with Crippen LogP contribution in [0.5, 0.6) is 0 Å². The highest BCUT2D eigenvalue weighted by Crippen LogP contribution is 2.35. The number of hydrogen-bond donors (Lipinski definition) is 0. The molecule has 9 heteroatoms. The molecule has 1 aromatic rings. The number of ether oxygens (including phenoxy) is 2. The molecule has 3 aliphatic rings. The molecule has 3 heterocycles. The van der Waals surface area contributed by atoms with Gasteiger partial charge < -0.3 is 9.47 Å². The molecule has 28 heavy (non-hydrogen) atoms. The lowest BCUT2D eigenvalue weighted by atomic mass is 10.0. The molecule has 3 saturated heterocycles. The monoisotopic (exact) mass is 429 g/mol. The van der Waals surface area contributed by atoms with E-state index in [1.54, 1.807) is 24.3 Å². The Hall–Kier alpha value is -1.00. The average Bonchev–Trinajstić information content (AvgIpc) is 3.27. The van der Waals surface area contributed by atoms with Crippen molar-refractivity contribution < 1.29 is 26.3 Å². The van der Waals surface area contributed by atoms with Crippen LogP contribution in [0.2, 0.25) is 0 Å². The molecule has 3 fully saturated rings. The van der Waals surface area contributed by atoms with E-state index in [1.807, 2.05) is 11.8 Å². The van der Waals surface area contributed by atoms with Crippen LogP contribution in [0.1, 0.15) is 25.3 Å². The molecule has 0 bridgehead atoms. The minimum absolute atomic E-state index is 0.112. The van der Waals surface area contributed by atoms with Gasteiger partial charge in [0.15, 0.2) is 25.5 Å². The SMILES string of the molecule is CCc1ccc(S(=O)(=O)[C@H]2CS(=O)(=O)C[C@@H]2N2CCC3(CC2)OCCO3)cc1. The van der Waals surface area contributed by atoms with Crippen molar-refractivity contribution in [2.45, 2.75) is 48.2 Å². The zero-order chi connectivity index (χ0) is 20.0. The molecule has 3 aliphatic heterocycles. The first-order chi connectivity index (χ1) is 13.2. The van der Waals surface area contributed by atoms with Gasteiger partial charge in [-0.05, 0) is 24.1 Å². The third kappa shape index (κ3) is 3.75. The molecule has 0 N–H and O–H groups in total. The van der Waals surface area contributed by atoms with Crippen molar-refractivity contribution in [1.82, 2.24) is 4.90 Å². The summed E-state index contributed by atoms with van der Waals surface area (Å²) < 4.78 is 62.8. The van der Waals surface area contributed by atoms with Gasteiger partial charge in [0.1, 0.15) is 0 Å². The Bertz CT molecular complexity index is 910. The summed E-state index contributed by atoms with van der Waals surface area (Å²) in [6.45, 7) is 4.29. The van der Waals surface area contributed by atoms with E-state index in [9.17, 15) is 16.8 Å². The fourth-order valence-corrected chi connectivity index (χ4v) is 9.34. The zero-order valence-corrected chi connectivity index (χ0v) is 17.7. The molecule has 0 aromatic heterocycles. The van der Waals surface area contributed by atoms with Gasteiger partial charge in [0.05, 0.1) is 34.9 Å². The number of rotatable bonds is 4. The van der Waals surface area contributed by atoms with Crippen LogP contribution in [0.15, 0.2) is 29.2 Å². The standard InChI is InChI=1S/C19H27NO6S2/c1-2-15-3-5-16(6-4-15)28(23,24)18-14-27(21,22)13-17(18)20-9-7-19(8-10-20)25-11-12-26-19/h3-6,17-18H,2,7-14H2,1H3/t17-,18-/m0/s1. The molecule has 1 spiro atoms. The molecule has 0 unspecified atom stereocenters. The van der Waals surface area contributed by atoms with Gasteiger partial charge in [-0.15, -0.1) is 0 Å². The highest BCUT2D eigenvalue weighted by atomic mass is 32.2. The maximum atomic E-state index is 13.3. The molecule has 2 atom stereocenters. The van der Waals surface area contributed by atoms with Gasteiger partial charge in [0, 0.05) is 32.0 Å². The maximum Gasteiger partial charge on any atom is 0.183 e. The molecular weight excluding hydrogens is 402 g/mol. The minimum Gasteiger partial charge on any atom is -0.347 e. The van der Waals surface area contributed by atoms with E-state index in [0.717, 1.165) is 12.0 Å². The molecular formula is C19H27NO6S2. The molecule has 7 nitrogen and oxygen atoms in total. The Kier molecular flexibility index (Phi) is 5.33. The van der Waals surface area contributed by atoms with Gasteiger partial charge >= 0.3 is 0 Å². The lowest BCUT2D eigenvalue weighted by Gasteiger charge is -2.41. The second-order valence-electron chi connectivity index (χ2n) is 7.87. The van der Waals surface area contributed by atoms with Crippen molar-refractivity contribution in [2.24, 2.45) is 0 Å².